The molecule has 1 saturated heterocycles. The van der Waals surface area contributed by atoms with Crippen LogP contribution in [-0.4, -0.2) is 28.7 Å². The highest BCUT2D eigenvalue weighted by Gasteiger charge is 2.30. The highest BCUT2D eigenvalue weighted by atomic mass is 79.9. The van der Waals surface area contributed by atoms with Crippen LogP contribution >= 0.6 is 15.9 Å². The van der Waals surface area contributed by atoms with E-state index in [2.05, 4.69) is 29.8 Å². The fourth-order valence-corrected chi connectivity index (χ4v) is 2.19. The number of alkyl halides is 1. The topological polar surface area (TPSA) is 20.3 Å². The van der Waals surface area contributed by atoms with Crippen LogP contribution < -0.4 is 0 Å². The SMILES string of the molecule is CCC(Br)C(=O)N1CCC(C(C)C)C1. The van der Waals surface area contributed by atoms with Crippen molar-refractivity contribution in [3.05, 3.63) is 0 Å². The highest BCUT2D eigenvalue weighted by Crippen LogP contribution is 2.25. The molecule has 0 spiro atoms. The summed E-state index contributed by atoms with van der Waals surface area (Å²) in [4.78, 5) is 13.9. The summed E-state index contributed by atoms with van der Waals surface area (Å²) in [6, 6.07) is 0. The van der Waals surface area contributed by atoms with Crippen molar-refractivity contribution >= 4 is 21.8 Å². The molecule has 0 saturated carbocycles. The number of carbonyl (C=O) groups excluding carboxylic acids is 1. The van der Waals surface area contributed by atoms with Crippen LogP contribution in [-0.2, 0) is 4.79 Å². The van der Waals surface area contributed by atoms with Gasteiger partial charge >= 0.3 is 0 Å². The van der Waals surface area contributed by atoms with Crippen LogP contribution in [0.4, 0.5) is 0 Å². The van der Waals surface area contributed by atoms with E-state index in [0.29, 0.717) is 11.8 Å². The van der Waals surface area contributed by atoms with Gasteiger partial charge in [0, 0.05) is 13.1 Å². The molecule has 0 aromatic heterocycles. The lowest BCUT2D eigenvalue weighted by Crippen LogP contribution is -2.34. The minimum Gasteiger partial charge on any atom is -0.341 e. The maximum absolute atomic E-state index is 11.8. The Morgan fingerprint density at radius 1 is 1.57 bits per heavy atom. The lowest BCUT2D eigenvalue weighted by atomic mass is 9.95. The first kappa shape index (κ1) is 12.0. The van der Waals surface area contributed by atoms with E-state index in [-0.39, 0.29) is 10.7 Å². The summed E-state index contributed by atoms with van der Waals surface area (Å²) < 4.78 is 0. The molecule has 1 rings (SSSR count). The van der Waals surface area contributed by atoms with E-state index in [1.807, 2.05) is 11.8 Å². The third kappa shape index (κ3) is 2.72. The van der Waals surface area contributed by atoms with Gasteiger partial charge < -0.3 is 4.90 Å². The van der Waals surface area contributed by atoms with Gasteiger partial charge in [-0.15, -0.1) is 0 Å². The minimum absolute atomic E-state index is 0.0217. The van der Waals surface area contributed by atoms with Crippen molar-refractivity contribution in [2.45, 2.75) is 38.4 Å². The maximum Gasteiger partial charge on any atom is 0.236 e. The van der Waals surface area contributed by atoms with Crippen molar-refractivity contribution in [1.82, 2.24) is 4.90 Å². The number of halogens is 1. The van der Waals surface area contributed by atoms with E-state index < -0.39 is 0 Å². The molecule has 2 nitrogen and oxygen atoms in total. The smallest absolute Gasteiger partial charge is 0.236 e. The number of hydrogen-bond donors (Lipinski definition) is 0. The molecule has 3 heteroatoms. The molecule has 0 N–H and O–H groups in total. The summed E-state index contributed by atoms with van der Waals surface area (Å²) in [6.45, 7) is 8.42. The van der Waals surface area contributed by atoms with Crippen molar-refractivity contribution in [2.24, 2.45) is 11.8 Å². The van der Waals surface area contributed by atoms with Crippen molar-refractivity contribution in [3.63, 3.8) is 0 Å². The van der Waals surface area contributed by atoms with Crippen LogP contribution in [0.5, 0.6) is 0 Å². The van der Waals surface area contributed by atoms with E-state index in [9.17, 15) is 4.79 Å². The van der Waals surface area contributed by atoms with Gasteiger partial charge in [0.1, 0.15) is 0 Å². The zero-order chi connectivity index (χ0) is 10.7. The average Bonchev–Trinajstić information content (AvgIpc) is 2.64. The molecule has 1 aliphatic rings. The van der Waals surface area contributed by atoms with Gasteiger partial charge in [0.25, 0.3) is 0 Å². The monoisotopic (exact) mass is 261 g/mol. The standard InChI is InChI=1S/C11H20BrNO/c1-4-10(12)11(14)13-6-5-9(7-13)8(2)3/h8-10H,4-7H2,1-3H3. The molecule has 82 valence electrons. The number of hydrogen-bond acceptors (Lipinski definition) is 1. The number of carbonyl (C=O) groups is 1. The summed E-state index contributed by atoms with van der Waals surface area (Å²) in [5.74, 6) is 1.68. The molecule has 1 aliphatic heterocycles. The van der Waals surface area contributed by atoms with Gasteiger partial charge in [0.05, 0.1) is 4.83 Å². The second-order valence-corrected chi connectivity index (χ2v) is 5.56. The summed E-state index contributed by atoms with van der Waals surface area (Å²) in [5.41, 5.74) is 0. The van der Waals surface area contributed by atoms with Gasteiger partial charge in [0.2, 0.25) is 5.91 Å². The summed E-state index contributed by atoms with van der Waals surface area (Å²) in [5, 5.41) is 0. The molecular weight excluding hydrogens is 242 g/mol. The Bertz CT molecular complexity index is 205. The van der Waals surface area contributed by atoms with Gasteiger partial charge in [-0.3, -0.25) is 4.79 Å². The van der Waals surface area contributed by atoms with Gasteiger partial charge in [-0.05, 0) is 24.7 Å². The van der Waals surface area contributed by atoms with Crippen molar-refractivity contribution in [3.8, 4) is 0 Å². The van der Waals surface area contributed by atoms with Crippen molar-refractivity contribution in [2.75, 3.05) is 13.1 Å². The first-order valence-corrected chi connectivity index (χ1v) is 6.40. The minimum atomic E-state index is 0.0217. The predicted octanol–water partition coefficient (Wildman–Crippen LogP) is 2.66. The van der Waals surface area contributed by atoms with Crippen molar-refractivity contribution in [1.29, 1.82) is 0 Å². The third-order valence-corrected chi connectivity index (χ3v) is 4.14. The zero-order valence-corrected chi connectivity index (χ0v) is 10.9. The Labute approximate surface area is 95.2 Å². The van der Waals surface area contributed by atoms with Gasteiger partial charge in [0.15, 0.2) is 0 Å². The number of likely N-dealkylation sites (tertiary alicyclic amines) is 1. The molecule has 0 bridgehead atoms. The number of nitrogens with zero attached hydrogens (tertiary/aromatic N) is 1. The molecule has 0 aliphatic carbocycles. The second-order valence-electron chi connectivity index (χ2n) is 4.45. The average molecular weight is 262 g/mol. The number of amides is 1. The van der Waals surface area contributed by atoms with Crippen LogP contribution in [0.1, 0.15) is 33.6 Å². The van der Waals surface area contributed by atoms with Crippen LogP contribution in [0.2, 0.25) is 0 Å². The van der Waals surface area contributed by atoms with E-state index in [4.69, 9.17) is 0 Å². The molecule has 2 unspecified atom stereocenters. The van der Waals surface area contributed by atoms with E-state index in [0.717, 1.165) is 19.5 Å². The second kappa shape index (κ2) is 5.15. The predicted molar refractivity (Wildman–Crippen MR) is 62.5 cm³/mol. The first-order valence-electron chi connectivity index (χ1n) is 5.49. The Morgan fingerprint density at radius 3 is 2.64 bits per heavy atom. The van der Waals surface area contributed by atoms with Gasteiger partial charge in [-0.1, -0.05) is 36.7 Å². The summed E-state index contributed by atoms with van der Waals surface area (Å²) in [7, 11) is 0. The molecule has 0 radical (unpaired) electrons. The van der Waals surface area contributed by atoms with E-state index >= 15 is 0 Å². The Morgan fingerprint density at radius 2 is 2.21 bits per heavy atom. The van der Waals surface area contributed by atoms with Crippen LogP contribution in [0.15, 0.2) is 0 Å². The molecule has 14 heavy (non-hydrogen) atoms. The van der Waals surface area contributed by atoms with Crippen LogP contribution in [0.3, 0.4) is 0 Å². The normalized spacial score (nSPS) is 24.4. The molecule has 0 aromatic rings. The fraction of sp³-hybridized carbons (Fsp3) is 0.909. The van der Waals surface area contributed by atoms with Gasteiger partial charge in [-0.2, -0.15) is 0 Å². The zero-order valence-electron chi connectivity index (χ0n) is 9.29. The van der Waals surface area contributed by atoms with Gasteiger partial charge in [-0.25, -0.2) is 0 Å². The molecule has 1 heterocycles. The fourth-order valence-electron chi connectivity index (χ4n) is 1.90. The molecular formula is C11H20BrNO. The molecule has 0 aromatic carbocycles. The van der Waals surface area contributed by atoms with E-state index in [1.54, 1.807) is 0 Å². The summed E-state index contributed by atoms with van der Waals surface area (Å²) >= 11 is 3.42. The Hall–Kier alpha value is -0.0500. The van der Waals surface area contributed by atoms with Crippen LogP contribution in [0.25, 0.3) is 0 Å². The number of rotatable bonds is 3. The van der Waals surface area contributed by atoms with Crippen molar-refractivity contribution < 1.29 is 4.79 Å². The lowest BCUT2D eigenvalue weighted by molar-refractivity contribution is -0.129. The molecule has 2 atom stereocenters. The van der Waals surface area contributed by atoms with Crippen LogP contribution in [0, 0.1) is 11.8 Å². The van der Waals surface area contributed by atoms with E-state index in [1.165, 1.54) is 6.42 Å². The Kier molecular flexibility index (Phi) is 4.42. The quantitative estimate of drug-likeness (QED) is 0.716. The first-order chi connectivity index (χ1) is 6.56. The third-order valence-electron chi connectivity index (χ3n) is 3.11. The highest BCUT2D eigenvalue weighted by molar-refractivity contribution is 9.10. The lowest BCUT2D eigenvalue weighted by Gasteiger charge is -2.20. The largest absolute Gasteiger partial charge is 0.341 e. The maximum atomic E-state index is 11.8. The Balaban J connectivity index is 2.45. The summed E-state index contributed by atoms with van der Waals surface area (Å²) in [6.07, 6.45) is 2.05. The molecule has 1 amide bonds. The molecule has 1 fully saturated rings.